The highest BCUT2D eigenvalue weighted by molar-refractivity contribution is 5.49. The van der Waals surface area contributed by atoms with E-state index in [1.54, 1.807) is 0 Å². The molecule has 0 aliphatic rings. The summed E-state index contributed by atoms with van der Waals surface area (Å²) in [7, 11) is 0. The molecule has 0 heterocycles. The van der Waals surface area contributed by atoms with E-state index in [2.05, 4.69) is 60.6 Å². The Morgan fingerprint density at radius 2 is 1.47 bits per heavy atom. The molecule has 1 rings (SSSR count). The van der Waals surface area contributed by atoms with Gasteiger partial charge >= 0.3 is 0 Å². The van der Waals surface area contributed by atoms with Crippen molar-refractivity contribution in [3.63, 3.8) is 0 Å². The van der Waals surface area contributed by atoms with Gasteiger partial charge in [0.15, 0.2) is 0 Å². The van der Waals surface area contributed by atoms with Crippen LogP contribution in [0.4, 0.5) is 0 Å². The van der Waals surface area contributed by atoms with Crippen molar-refractivity contribution in [1.82, 2.24) is 0 Å². The number of phenolic OH excluding ortho intramolecular Hbond substituents is 1. The third kappa shape index (κ3) is 2.83. The second-order valence-corrected chi connectivity index (χ2v) is 6.70. The molecular formula is C16H26O. The summed E-state index contributed by atoms with van der Waals surface area (Å²) in [6.07, 6.45) is 1.02. The average molecular weight is 234 g/mol. The number of aryl methyl sites for hydroxylation is 1. The van der Waals surface area contributed by atoms with Crippen molar-refractivity contribution in [1.29, 1.82) is 0 Å². The van der Waals surface area contributed by atoms with E-state index in [4.69, 9.17) is 0 Å². The maximum absolute atomic E-state index is 10.5. The van der Waals surface area contributed by atoms with Crippen LogP contribution in [0.15, 0.2) is 12.1 Å². The van der Waals surface area contributed by atoms with E-state index >= 15 is 0 Å². The van der Waals surface area contributed by atoms with Crippen LogP contribution >= 0.6 is 0 Å². The highest BCUT2D eigenvalue weighted by atomic mass is 16.3. The molecule has 0 atom stereocenters. The maximum atomic E-state index is 10.5. The zero-order chi connectivity index (χ0) is 13.4. The molecule has 1 heteroatoms. The van der Waals surface area contributed by atoms with Crippen LogP contribution in [0.3, 0.4) is 0 Å². The van der Waals surface area contributed by atoms with Gasteiger partial charge in [-0.15, -0.1) is 0 Å². The molecule has 0 bridgehead atoms. The summed E-state index contributed by atoms with van der Waals surface area (Å²) >= 11 is 0. The summed E-state index contributed by atoms with van der Waals surface area (Å²) in [5, 5.41) is 10.5. The maximum Gasteiger partial charge on any atom is 0.123 e. The standard InChI is InChI=1S/C16H26O/c1-8-16(6,7)13-10-11(2)9-12(14(13)17)15(3,4)5/h9-10,17H,8H2,1-7H3. The molecule has 0 spiro atoms. The fourth-order valence-electron chi connectivity index (χ4n) is 2.06. The van der Waals surface area contributed by atoms with E-state index in [9.17, 15) is 5.11 Å². The number of phenols is 1. The molecule has 1 aromatic carbocycles. The first-order valence-corrected chi connectivity index (χ1v) is 6.44. The van der Waals surface area contributed by atoms with Gasteiger partial charge in [-0.05, 0) is 29.7 Å². The number of rotatable bonds is 2. The molecule has 1 aromatic rings. The van der Waals surface area contributed by atoms with Crippen molar-refractivity contribution in [3.05, 3.63) is 28.8 Å². The van der Waals surface area contributed by atoms with Gasteiger partial charge in [-0.2, -0.15) is 0 Å². The van der Waals surface area contributed by atoms with Crippen LogP contribution in [0, 0.1) is 6.92 Å². The van der Waals surface area contributed by atoms with Crippen molar-refractivity contribution in [2.24, 2.45) is 0 Å². The second-order valence-electron chi connectivity index (χ2n) is 6.70. The first kappa shape index (κ1) is 14.1. The molecule has 1 N–H and O–H groups in total. The molecule has 0 fully saturated rings. The number of hydrogen-bond acceptors (Lipinski definition) is 1. The van der Waals surface area contributed by atoms with Gasteiger partial charge in [0.25, 0.3) is 0 Å². The number of benzene rings is 1. The SMILES string of the molecule is CCC(C)(C)c1cc(C)cc(C(C)(C)C)c1O. The van der Waals surface area contributed by atoms with Crippen molar-refractivity contribution in [2.45, 2.75) is 65.7 Å². The molecule has 0 aliphatic carbocycles. The predicted molar refractivity (Wildman–Crippen MR) is 74.9 cm³/mol. The highest BCUT2D eigenvalue weighted by Gasteiger charge is 2.27. The molecule has 1 nitrogen and oxygen atoms in total. The molecule has 17 heavy (non-hydrogen) atoms. The van der Waals surface area contributed by atoms with E-state index < -0.39 is 0 Å². The van der Waals surface area contributed by atoms with Crippen LogP contribution in [0.2, 0.25) is 0 Å². The van der Waals surface area contributed by atoms with E-state index in [0.29, 0.717) is 5.75 Å². The summed E-state index contributed by atoms with van der Waals surface area (Å²) in [6, 6.07) is 4.22. The minimum absolute atomic E-state index is 0.0192. The molecule has 0 unspecified atom stereocenters. The summed E-state index contributed by atoms with van der Waals surface area (Å²) in [6.45, 7) is 15.1. The quantitative estimate of drug-likeness (QED) is 0.787. The lowest BCUT2D eigenvalue weighted by Gasteiger charge is -2.29. The van der Waals surface area contributed by atoms with Crippen LogP contribution in [0.25, 0.3) is 0 Å². The molecule has 0 radical (unpaired) electrons. The first-order valence-electron chi connectivity index (χ1n) is 6.44. The Morgan fingerprint density at radius 3 is 1.88 bits per heavy atom. The summed E-state index contributed by atoms with van der Waals surface area (Å²) < 4.78 is 0. The van der Waals surface area contributed by atoms with Crippen LogP contribution < -0.4 is 0 Å². The van der Waals surface area contributed by atoms with Crippen molar-refractivity contribution >= 4 is 0 Å². The third-order valence-corrected chi connectivity index (χ3v) is 3.68. The van der Waals surface area contributed by atoms with Crippen molar-refractivity contribution in [2.75, 3.05) is 0 Å². The van der Waals surface area contributed by atoms with Crippen molar-refractivity contribution in [3.8, 4) is 5.75 Å². The zero-order valence-corrected chi connectivity index (χ0v) is 12.3. The Balaban J connectivity index is 3.50. The largest absolute Gasteiger partial charge is 0.507 e. The lowest BCUT2D eigenvalue weighted by atomic mass is 9.76. The second kappa shape index (κ2) is 4.36. The molecule has 0 aliphatic heterocycles. The number of aromatic hydroxyl groups is 1. The smallest absolute Gasteiger partial charge is 0.123 e. The fraction of sp³-hybridized carbons (Fsp3) is 0.625. The summed E-state index contributed by atoms with van der Waals surface area (Å²) in [4.78, 5) is 0. The minimum atomic E-state index is -0.0192. The van der Waals surface area contributed by atoms with Gasteiger partial charge < -0.3 is 5.11 Å². The van der Waals surface area contributed by atoms with Gasteiger partial charge in [-0.25, -0.2) is 0 Å². The molecular weight excluding hydrogens is 208 g/mol. The zero-order valence-electron chi connectivity index (χ0n) is 12.3. The topological polar surface area (TPSA) is 20.2 Å². The lowest BCUT2D eigenvalue weighted by Crippen LogP contribution is -2.19. The monoisotopic (exact) mass is 234 g/mol. The van der Waals surface area contributed by atoms with Crippen LogP contribution in [0.5, 0.6) is 5.75 Å². The van der Waals surface area contributed by atoms with Gasteiger partial charge in [0.05, 0.1) is 0 Å². The molecule has 0 aromatic heterocycles. The van der Waals surface area contributed by atoms with Gasteiger partial charge in [-0.3, -0.25) is 0 Å². The Hall–Kier alpha value is -0.980. The number of hydrogen-bond donors (Lipinski definition) is 1. The van der Waals surface area contributed by atoms with Gasteiger partial charge in [0.1, 0.15) is 5.75 Å². The third-order valence-electron chi connectivity index (χ3n) is 3.68. The Morgan fingerprint density at radius 1 is 1.00 bits per heavy atom. The molecule has 96 valence electrons. The molecule has 0 saturated heterocycles. The fourth-order valence-corrected chi connectivity index (χ4v) is 2.06. The van der Waals surface area contributed by atoms with Gasteiger partial charge in [0.2, 0.25) is 0 Å². The minimum Gasteiger partial charge on any atom is -0.507 e. The van der Waals surface area contributed by atoms with Crippen LogP contribution in [-0.2, 0) is 10.8 Å². The summed E-state index contributed by atoms with van der Waals surface area (Å²) in [5.74, 6) is 0.481. The van der Waals surface area contributed by atoms with E-state index in [1.807, 2.05) is 0 Å². The highest BCUT2D eigenvalue weighted by Crippen LogP contribution is 2.40. The van der Waals surface area contributed by atoms with Crippen LogP contribution in [-0.4, -0.2) is 5.11 Å². The van der Waals surface area contributed by atoms with E-state index in [0.717, 1.165) is 17.5 Å². The molecule has 0 amide bonds. The lowest BCUT2D eigenvalue weighted by molar-refractivity contribution is 0.410. The Labute approximate surface area is 106 Å². The van der Waals surface area contributed by atoms with Gasteiger partial charge in [0, 0.05) is 5.56 Å². The molecule has 0 saturated carbocycles. The van der Waals surface area contributed by atoms with E-state index in [-0.39, 0.29) is 10.8 Å². The first-order chi connectivity index (χ1) is 7.59. The van der Waals surface area contributed by atoms with Crippen LogP contribution in [0.1, 0.15) is 64.7 Å². The normalized spacial score (nSPS) is 12.9. The van der Waals surface area contributed by atoms with Gasteiger partial charge in [-0.1, -0.05) is 59.2 Å². The van der Waals surface area contributed by atoms with E-state index in [1.165, 1.54) is 5.56 Å². The summed E-state index contributed by atoms with van der Waals surface area (Å²) in [5.41, 5.74) is 3.35. The predicted octanol–water partition coefficient (Wildman–Crippen LogP) is 4.69. The average Bonchev–Trinajstić information content (AvgIpc) is 2.19. The Kier molecular flexibility index (Phi) is 3.61. The Bertz CT molecular complexity index is 408. The van der Waals surface area contributed by atoms with Crippen molar-refractivity contribution < 1.29 is 5.11 Å².